The van der Waals surface area contributed by atoms with Gasteiger partial charge in [0, 0.05) is 14.1 Å². The van der Waals surface area contributed by atoms with Gasteiger partial charge in [-0.3, -0.25) is 4.79 Å². The summed E-state index contributed by atoms with van der Waals surface area (Å²) in [6.45, 7) is 0.891. The van der Waals surface area contributed by atoms with E-state index < -0.39 is 0 Å². The molecule has 1 heterocycles. The third-order valence-corrected chi connectivity index (χ3v) is 4.30. The summed E-state index contributed by atoms with van der Waals surface area (Å²) in [5, 5.41) is 3.33. The Labute approximate surface area is 126 Å². The highest BCUT2D eigenvalue weighted by atomic mass is 16.5. The SMILES string of the molecule is CN(C)C(=O)C1CC(c2cccc(OC3CC3)c2)CCN1. The van der Waals surface area contributed by atoms with Crippen LogP contribution in [-0.2, 0) is 4.79 Å². The number of ether oxygens (including phenoxy) is 1. The van der Waals surface area contributed by atoms with E-state index >= 15 is 0 Å². The lowest BCUT2D eigenvalue weighted by Gasteiger charge is -2.31. The molecular formula is C17H24N2O2. The molecule has 4 heteroatoms. The van der Waals surface area contributed by atoms with Gasteiger partial charge in [-0.1, -0.05) is 12.1 Å². The van der Waals surface area contributed by atoms with Gasteiger partial charge in [0.1, 0.15) is 5.75 Å². The number of likely N-dealkylation sites (N-methyl/N-ethyl adjacent to an activating group) is 1. The van der Waals surface area contributed by atoms with E-state index in [1.807, 2.05) is 20.2 Å². The molecule has 1 saturated carbocycles. The molecule has 2 aliphatic rings. The second-order valence-corrected chi connectivity index (χ2v) is 6.35. The molecule has 1 N–H and O–H groups in total. The Morgan fingerprint density at radius 2 is 2.10 bits per heavy atom. The van der Waals surface area contributed by atoms with E-state index in [0.717, 1.165) is 25.1 Å². The first-order valence-corrected chi connectivity index (χ1v) is 7.84. The molecule has 1 aliphatic carbocycles. The van der Waals surface area contributed by atoms with Gasteiger partial charge in [-0.2, -0.15) is 0 Å². The number of amides is 1. The summed E-state index contributed by atoms with van der Waals surface area (Å²) >= 11 is 0. The van der Waals surface area contributed by atoms with Crippen LogP contribution in [0.2, 0.25) is 0 Å². The maximum atomic E-state index is 12.1. The molecule has 1 aliphatic heterocycles. The Kier molecular flexibility index (Phi) is 4.15. The van der Waals surface area contributed by atoms with Crippen molar-refractivity contribution in [3.8, 4) is 5.75 Å². The molecule has 114 valence electrons. The first-order chi connectivity index (χ1) is 10.1. The molecule has 0 radical (unpaired) electrons. The second kappa shape index (κ2) is 6.06. The molecule has 1 amide bonds. The van der Waals surface area contributed by atoms with Crippen molar-refractivity contribution >= 4 is 5.91 Å². The van der Waals surface area contributed by atoms with Crippen molar-refractivity contribution in [1.29, 1.82) is 0 Å². The van der Waals surface area contributed by atoms with Crippen LogP contribution in [0.5, 0.6) is 5.75 Å². The van der Waals surface area contributed by atoms with Crippen molar-refractivity contribution in [3.63, 3.8) is 0 Å². The summed E-state index contributed by atoms with van der Waals surface area (Å²) in [6.07, 6.45) is 4.72. The number of hydrogen-bond acceptors (Lipinski definition) is 3. The Bertz CT molecular complexity index is 511. The van der Waals surface area contributed by atoms with E-state index in [0.29, 0.717) is 12.0 Å². The van der Waals surface area contributed by atoms with Crippen molar-refractivity contribution in [2.45, 2.75) is 43.7 Å². The van der Waals surface area contributed by atoms with Gasteiger partial charge in [0.05, 0.1) is 12.1 Å². The minimum absolute atomic E-state index is 0.0632. The second-order valence-electron chi connectivity index (χ2n) is 6.35. The predicted molar refractivity (Wildman–Crippen MR) is 82.6 cm³/mol. The highest BCUT2D eigenvalue weighted by Crippen LogP contribution is 2.32. The summed E-state index contributed by atoms with van der Waals surface area (Å²) in [5.41, 5.74) is 1.30. The van der Waals surface area contributed by atoms with E-state index in [4.69, 9.17) is 4.74 Å². The van der Waals surface area contributed by atoms with Gasteiger partial charge in [-0.15, -0.1) is 0 Å². The van der Waals surface area contributed by atoms with Crippen molar-refractivity contribution in [2.24, 2.45) is 0 Å². The van der Waals surface area contributed by atoms with Crippen LogP contribution in [0.3, 0.4) is 0 Å². The number of nitrogens with one attached hydrogen (secondary N) is 1. The van der Waals surface area contributed by atoms with Crippen molar-refractivity contribution < 1.29 is 9.53 Å². The Morgan fingerprint density at radius 1 is 1.29 bits per heavy atom. The number of hydrogen-bond donors (Lipinski definition) is 1. The fraction of sp³-hybridized carbons (Fsp3) is 0.588. The highest BCUT2D eigenvalue weighted by molar-refractivity contribution is 5.81. The topological polar surface area (TPSA) is 41.6 Å². The number of carbonyl (C=O) groups is 1. The zero-order valence-corrected chi connectivity index (χ0v) is 12.8. The van der Waals surface area contributed by atoms with Crippen LogP contribution in [0.4, 0.5) is 0 Å². The van der Waals surface area contributed by atoms with Crippen LogP contribution in [-0.4, -0.2) is 43.6 Å². The maximum absolute atomic E-state index is 12.1. The quantitative estimate of drug-likeness (QED) is 0.923. The van der Waals surface area contributed by atoms with Gasteiger partial charge in [-0.25, -0.2) is 0 Å². The van der Waals surface area contributed by atoms with E-state index in [9.17, 15) is 4.79 Å². The highest BCUT2D eigenvalue weighted by Gasteiger charge is 2.29. The summed E-state index contributed by atoms with van der Waals surface area (Å²) in [4.78, 5) is 13.8. The molecule has 3 rings (SSSR count). The number of rotatable bonds is 4. The summed E-state index contributed by atoms with van der Waals surface area (Å²) < 4.78 is 5.88. The molecule has 0 bridgehead atoms. The molecule has 21 heavy (non-hydrogen) atoms. The Balaban J connectivity index is 1.69. The Hall–Kier alpha value is -1.55. The van der Waals surface area contributed by atoms with Gasteiger partial charge in [0.25, 0.3) is 0 Å². The molecular weight excluding hydrogens is 264 g/mol. The van der Waals surface area contributed by atoms with Crippen LogP contribution in [0.25, 0.3) is 0 Å². The van der Waals surface area contributed by atoms with E-state index in [1.54, 1.807) is 4.90 Å². The Morgan fingerprint density at radius 3 is 2.81 bits per heavy atom. The maximum Gasteiger partial charge on any atom is 0.239 e. The van der Waals surface area contributed by atoms with Crippen LogP contribution in [0.15, 0.2) is 24.3 Å². The lowest BCUT2D eigenvalue weighted by atomic mass is 9.86. The number of piperidine rings is 1. The summed E-state index contributed by atoms with van der Waals surface area (Å²) in [7, 11) is 3.63. The number of carbonyl (C=O) groups excluding carboxylic acids is 1. The molecule has 2 fully saturated rings. The van der Waals surface area contributed by atoms with Crippen LogP contribution in [0.1, 0.15) is 37.2 Å². The van der Waals surface area contributed by atoms with Gasteiger partial charge in [0.15, 0.2) is 0 Å². The average Bonchev–Trinajstić information content (AvgIpc) is 3.31. The van der Waals surface area contributed by atoms with E-state index in [1.165, 1.54) is 18.4 Å². The lowest BCUT2D eigenvalue weighted by Crippen LogP contribution is -2.47. The van der Waals surface area contributed by atoms with Crippen molar-refractivity contribution in [1.82, 2.24) is 10.2 Å². The van der Waals surface area contributed by atoms with E-state index in [2.05, 4.69) is 23.5 Å². The average molecular weight is 288 g/mol. The van der Waals surface area contributed by atoms with Gasteiger partial charge in [-0.05, 0) is 55.8 Å². The first-order valence-electron chi connectivity index (χ1n) is 7.84. The zero-order chi connectivity index (χ0) is 14.8. The number of benzene rings is 1. The molecule has 0 aromatic heterocycles. The summed E-state index contributed by atoms with van der Waals surface area (Å²) in [5.74, 6) is 1.58. The summed E-state index contributed by atoms with van der Waals surface area (Å²) in [6, 6.07) is 8.36. The molecule has 1 saturated heterocycles. The molecule has 2 atom stereocenters. The fourth-order valence-corrected chi connectivity index (χ4v) is 2.94. The van der Waals surface area contributed by atoms with Crippen molar-refractivity contribution in [2.75, 3.05) is 20.6 Å². The van der Waals surface area contributed by atoms with Crippen LogP contribution >= 0.6 is 0 Å². The smallest absolute Gasteiger partial charge is 0.239 e. The van der Waals surface area contributed by atoms with Gasteiger partial charge in [0.2, 0.25) is 5.91 Å². The lowest BCUT2D eigenvalue weighted by molar-refractivity contribution is -0.131. The fourth-order valence-electron chi connectivity index (χ4n) is 2.94. The predicted octanol–water partition coefficient (Wildman–Crippen LogP) is 2.15. The van der Waals surface area contributed by atoms with Gasteiger partial charge < -0.3 is 15.0 Å². The standard InChI is InChI=1S/C17H24N2O2/c1-19(2)17(20)16-11-13(8-9-18-16)12-4-3-5-15(10-12)21-14-6-7-14/h3-5,10,13-14,16,18H,6-9,11H2,1-2H3. The normalized spacial score (nSPS) is 25.4. The third-order valence-electron chi connectivity index (χ3n) is 4.30. The van der Waals surface area contributed by atoms with E-state index in [-0.39, 0.29) is 11.9 Å². The molecule has 2 unspecified atom stereocenters. The molecule has 0 spiro atoms. The zero-order valence-electron chi connectivity index (χ0n) is 12.8. The minimum Gasteiger partial charge on any atom is -0.490 e. The third kappa shape index (κ3) is 3.56. The number of nitrogens with zero attached hydrogens (tertiary/aromatic N) is 1. The van der Waals surface area contributed by atoms with Crippen LogP contribution in [0, 0.1) is 0 Å². The monoisotopic (exact) mass is 288 g/mol. The largest absolute Gasteiger partial charge is 0.490 e. The minimum atomic E-state index is -0.0632. The molecule has 1 aromatic rings. The van der Waals surface area contributed by atoms with Crippen LogP contribution < -0.4 is 10.1 Å². The van der Waals surface area contributed by atoms with Gasteiger partial charge >= 0.3 is 0 Å². The van der Waals surface area contributed by atoms with Crippen molar-refractivity contribution in [3.05, 3.63) is 29.8 Å². The first kappa shape index (κ1) is 14.4. The molecule has 4 nitrogen and oxygen atoms in total. The molecule has 1 aromatic carbocycles.